The first kappa shape index (κ1) is 42.9. The van der Waals surface area contributed by atoms with Crippen molar-refractivity contribution < 1.29 is 33.8 Å². The molecule has 3 aromatic rings. The summed E-state index contributed by atoms with van der Waals surface area (Å²) < 4.78 is 8.01. The van der Waals surface area contributed by atoms with Crippen molar-refractivity contribution in [2.75, 3.05) is 33.3 Å². The lowest BCUT2D eigenvalue weighted by molar-refractivity contribution is -0.155. The van der Waals surface area contributed by atoms with Gasteiger partial charge in [-0.1, -0.05) is 52.5 Å². The van der Waals surface area contributed by atoms with E-state index in [1.807, 2.05) is 72.0 Å². The average molecular weight is 808 g/mol. The summed E-state index contributed by atoms with van der Waals surface area (Å²) in [5.41, 5.74) is 5.52. The van der Waals surface area contributed by atoms with E-state index < -0.39 is 52.7 Å². The van der Waals surface area contributed by atoms with E-state index in [4.69, 9.17) is 4.74 Å². The van der Waals surface area contributed by atoms with Gasteiger partial charge >= 0.3 is 5.97 Å². The fraction of sp³-hybridized carbons (Fsp3) is 0.511. The van der Waals surface area contributed by atoms with Crippen LogP contribution in [-0.2, 0) is 47.1 Å². The zero-order valence-corrected chi connectivity index (χ0v) is 35.2. The minimum absolute atomic E-state index is 0.0175. The molecular weight excluding hydrogens is 751 g/mol. The summed E-state index contributed by atoms with van der Waals surface area (Å²) >= 11 is 0. The van der Waals surface area contributed by atoms with Gasteiger partial charge in [-0.3, -0.25) is 29.0 Å². The Hall–Kier alpha value is -5.68. The molecule has 4 amide bonds. The van der Waals surface area contributed by atoms with Gasteiger partial charge in [0.25, 0.3) is 5.91 Å². The predicted octanol–water partition coefficient (Wildman–Crippen LogP) is 4.44. The number of nitriles is 1. The molecule has 59 heavy (non-hydrogen) atoms. The number of phenols is 1. The number of rotatable bonds is 7. The van der Waals surface area contributed by atoms with Crippen LogP contribution in [0.2, 0.25) is 0 Å². The number of carbonyl (C=O) groups is 5. The third-order valence-electron chi connectivity index (χ3n) is 11.8. The summed E-state index contributed by atoms with van der Waals surface area (Å²) in [5.74, 6) is -2.92. The van der Waals surface area contributed by atoms with Crippen molar-refractivity contribution in [1.82, 2.24) is 30.1 Å². The monoisotopic (exact) mass is 807 g/mol. The van der Waals surface area contributed by atoms with Crippen molar-refractivity contribution in [1.29, 1.82) is 5.26 Å². The molecule has 14 nitrogen and oxygen atoms in total. The number of nitrogens with zero attached hydrogens (tertiary/aromatic N) is 5. The Morgan fingerprint density at radius 3 is 2.56 bits per heavy atom. The third-order valence-corrected chi connectivity index (χ3v) is 11.8. The minimum Gasteiger partial charge on any atom is -0.508 e. The Kier molecular flexibility index (Phi) is 12.3. The maximum atomic E-state index is 14.5. The standard InChI is InChI=1S/C45H57N7O7/c1-9-38(54)50-16-14-30(22-50)41(56)49(8)39(27(2)3)40(55)47-36-19-28-17-31(20-32(53)18-28)29-12-13-33-34(45(6,7)24-46)23-51(37(33)21-29)25-44(4,5)26-59-43(58)35-11-10-15-52(48-35)42(36)57/h9,12-13,17-18,20-21,23,27,30,35-36,39,48,53H,1,10-11,14-16,19,22,25-26H2,2-8H3,(H,47,55)/t30-,35-,36-,39-/m0/s1. The maximum absolute atomic E-state index is 14.5. The van der Waals surface area contributed by atoms with Gasteiger partial charge in [0, 0.05) is 62.2 Å². The van der Waals surface area contributed by atoms with Crippen molar-refractivity contribution in [3.63, 3.8) is 0 Å². The van der Waals surface area contributed by atoms with Crippen LogP contribution >= 0.6 is 0 Å². The molecule has 0 unspecified atom stereocenters. The number of fused-ring (bicyclic) bond motifs is 6. The van der Waals surface area contributed by atoms with Gasteiger partial charge < -0.3 is 29.5 Å². The smallest absolute Gasteiger partial charge is 0.324 e. The van der Waals surface area contributed by atoms with Crippen LogP contribution in [-0.4, -0.2) is 105 Å². The number of aromatic nitrogens is 1. The normalized spacial score (nSPS) is 21.6. The lowest BCUT2D eigenvalue weighted by atomic mass is 9.86. The van der Waals surface area contributed by atoms with Gasteiger partial charge in [0.05, 0.1) is 24.0 Å². The SMILES string of the molecule is C=CC(=O)N1CC[C@H](C(=O)N(C)[C@H](C(=O)N[C@H]2Cc3cc(O)cc(c3)-c3ccc4c(C(C)(C)C#N)cn(c4c3)CC(C)(C)COC(=O)[C@@H]3CCCN(N3)C2=O)C(C)C)C1. The van der Waals surface area contributed by atoms with E-state index in [2.05, 4.69) is 28.0 Å². The molecule has 4 atom stereocenters. The first-order valence-electron chi connectivity index (χ1n) is 20.4. The zero-order chi connectivity index (χ0) is 43.0. The molecule has 3 aliphatic rings. The van der Waals surface area contributed by atoms with Gasteiger partial charge in [0.1, 0.15) is 23.9 Å². The molecule has 6 bridgehead atoms. The van der Waals surface area contributed by atoms with Gasteiger partial charge in [-0.25, -0.2) is 5.43 Å². The van der Waals surface area contributed by atoms with Crippen LogP contribution in [0.1, 0.15) is 71.9 Å². The van der Waals surface area contributed by atoms with E-state index in [1.165, 1.54) is 16.0 Å². The van der Waals surface area contributed by atoms with Gasteiger partial charge in [-0.15, -0.1) is 0 Å². The van der Waals surface area contributed by atoms with Crippen LogP contribution in [0.25, 0.3) is 22.0 Å². The lowest BCUT2D eigenvalue weighted by Crippen LogP contribution is -2.62. The number of aromatic hydroxyl groups is 1. The number of hydrogen-bond donors (Lipinski definition) is 3. The van der Waals surface area contributed by atoms with E-state index in [9.17, 15) is 34.3 Å². The maximum Gasteiger partial charge on any atom is 0.324 e. The molecule has 4 heterocycles. The van der Waals surface area contributed by atoms with Crippen LogP contribution in [0, 0.1) is 28.6 Å². The van der Waals surface area contributed by atoms with Gasteiger partial charge in [-0.2, -0.15) is 5.26 Å². The molecule has 1 aromatic heterocycles. The molecule has 2 aromatic carbocycles. The summed E-state index contributed by atoms with van der Waals surface area (Å²) in [5, 5.41) is 26.4. The van der Waals surface area contributed by atoms with Crippen LogP contribution in [0.15, 0.2) is 55.3 Å². The highest BCUT2D eigenvalue weighted by Gasteiger charge is 2.40. The molecule has 14 heteroatoms. The highest BCUT2D eigenvalue weighted by Crippen LogP contribution is 2.37. The second-order valence-corrected chi connectivity index (χ2v) is 18.0. The van der Waals surface area contributed by atoms with Gasteiger partial charge in [0.15, 0.2) is 0 Å². The van der Waals surface area contributed by atoms with E-state index in [0.29, 0.717) is 43.5 Å². The fourth-order valence-electron chi connectivity index (χ4n) is 8.63. The number of likely N-dealkylation sites (tertiary alicyclic amines) is 1. The van der Waals surface area contributed by atoms with E-state index in [1.54, 1.807) is 24.1 Å². The Balaban J connectivity index is 1.38. The predicted molar refractivity (Wildman–Crippen MR) is 222 cm³/mol. The van der Waals surface area contributed by atoms with Crippen molar-refractivity contribution in [2.24, 2.45) is 17.3 Å². The van der Waals surface area contributed by atoms with Crippen molar-refractivity contribution in [2.45, 2.75) is 97.3 Å². The quantitative estimate of drug-likeness (QED) is 0.230. The first-order valence-corrected chi connectivity index (χ1v) is 20.4. The van der Waals surface area contributed by atoms with Crippen LogP contribution < -0.4 is 10.7 Å². The average Bonchev–Trinajstić information content (AvgIpc) is 3.84. The highest BCUT2D eigenvalue weighted by molar-refractivity contribution is 5.94. The zero-order valence-electron chi connectivity index (χ0n) is 35.2. The van der Waals surface area contributed by atoms with Crippen LogP contribution in [0.5, 0.6) is 5.75 Å². The molecule has 3 aliphatic heterocycles. The molecule has 2 saturated heterocycles. The number of cyclic esters (lactones) is 1. The fourth-order valence-corrected chi connectivity index (χ4v) is 8.63. The van der Waals surface area contributed by atoms with Crippen molar-refractivity contribution >= 4 is 40.5 Å². The summed E-state index contributed by atoms with van der Waals surface area (Å²) in [6.45, 7) is 16.4. The van der Waals surface area contributed by atoms with Gasteiger partial charge in [-0.05, 0) is 85.6 Å². The number of amides is 4. The van der Waals surface area contributed by atoms with Crippen LogP contribution in [0.4, 0.5) is 0 Å². The van der Waals surface area contributed by atoms with E-state index in [-0.39, 0.29) is 49.6 Å². The minimum atomic E-state index is -1.16. The van der Waals surface area contributed by atoms with Crippen molar-refractivity contribution in [3.8, 4) is 22.9 Å². The Labute approximate surface area is 346 Å². The second kappa shape index (κ2) is 16.9. The lowest BCUT2D eigenvalue weighted by Gasteiger charge is -2.37. The highest BCUT2D eigenvalue weighted by atomic mass is 16.5. The molecule has 314 valence electrons. The molecular formula is C45H57N7O7. The molecule has 6 rings (SSSR count). The first-order chi connectivity index (χ1) is 27.8. The Morgan fingerprint density at radius 1 is 1.12 bits per heavy atom. The van der Waals surface area contributed by atoms with Crippen LogP contribution in [0.3, 0.4) is 0 Å². The Morgan fingerprint density at radius 2 is 1.86 bits per heavy atom. The number of benzene rings is 2. The molecule has 2 fully saturated rings. The summed E-state index contributed by atoms with van der Waals surface area (Å²) in [6, 6.07) is 10.5. The number of esters is 1. The number of hydrazine groups is 1. The topological polar surface area (TPSA) is 177 Å². The van der Waals surface area contributed by atoms with E-state index >= 15 is 0 Å². The number of phenolic OH excluding ortho intramolecular Hbond substituents is 1. The number of ether oxygens (including phenoxy) is 1. The van der Waals surface area contributed by atoms with Gasteiger partial charge in [0.2, 0.25) is 17.7 Å². The number of likely N-dealkylation sites (N-methyl/N-ethyl adjacent to an activating group) is 1. The van der Waals surface area contributed by atoms with Crippen molar-refractivity contribution in [3.05, 3.63) is 66.4 Å². The summed E-state index contributed by atoms with van der Waals surface area (Å²) in [4.78, 5) is 71.5. The molecule has 0 aliphatic carbocycles. The number of carbonyl (C=O) groups excluding carboxylic acids is 5. The molecule has 0 spiro atoms. The number of hydrogen-bond acceptors (Lipinski definition) is 9. The third kappa shape index (κ3) is 9.15. The summed E-state index contributed by atoms with van der Waals surface area (Å²) in [7, 11) is 1.57. The molecule has 0 radical (unpaired) electrons. The van der Waals surface area contributed by atoms with E-state index in [0.717, 1.165) is 22.0 Å². The molecule has 3 N–H and O–H groups in total. The molecule has 0 saturated carbocycles. The summed E-state index contributed by atoms with van der Waals surface area (Å²) in [6.07, 6.45) is 4.59. The second-order valence-electron chi connectivity index (χ2n) is 18.0. The number of nitrogens with one attached hydrogen (secondary N) is 2. The Bertz CT molecular complexity index is 2200. The largest absolute Gasteiger partial charge is 0.508 e.